The predicted molar refractivity (Wildman–Crippen MR) is 56.5 cm³/mol. The molecule has 0 saturated carbocycles. The van der Waals surface area contributed by atoms with Crippen LogP contribution >= 0.6 is 0 Å². The fourth-order valence-corrected chi connectivity index (χ4v) is 1.73. The van der Waals surface area contributed by atoms with Crippen molar-refractivity contribution in [1.29, 1.82) is 0 Å². The summed E-state index contributed by atoms with van der Waals surface area (Å²) in [5.41, 5.74) is -0.917. The number of nitrogens with zero attached hydrogens (tertiary/aromatic N) is 2. The van der Waals surface area contributed by atoms with E-state index < -0.39 is 11.9 Å². The van der Waals surface area contributed by atoms with Crippen molar-refractivity contribution >= 4 is 5.95 Å². The molecule has 0 bridgehead atoms. The van der Waals surface area contributed by atoms with Gasteiger partial charge in [-0.1, -0.05) is 0 Å². The molecule has 1 atom stereocenters. The van der Waals surface area contributed by atoms with Crippen LogP contribution in [-0.4, -0.2) is 29.6 Å². The minimum absolute atomic E-state index is 0.0340. The minimum atomic E-state index is -4.42. The Morgan fingerprint density at radius 3 is 2.94 bits per heavy atom. The average Bonchev–Trinajstić information content (AvgIpc) is 2.78. The lowest BCUT2D eigenvalue weighted by atomic mass is 10.1. The molecule has 1 aromatic heterocycles. The van der Waals surface area contributed by atoms with Crippen LogP contribution in [0, 0.1) is 5.92 Å². The van der Waals surface area contributed by atoms with E-state index in [1.54, 1.807) is 0 Å². The Hall–Kier alpha value is -1.37. The zero-order valence-electron chi connectivity index (χ0n) is 9.09. The van der Waals surface area contributed by atoms with E-state index in [2.05, 4.69) is 20.6 Å². The standard InChI is InChI=1S/C10H13F3N4/c11-10(12,13)8-2-4-15-9(17-8)16-6-7-1-3-14-5-7/h2,4,7,14H,1,3,5-6H2,(H,15,16,17). The number of hydrogen-bond acceptors (Lipinski definition) is 4. The molecule has 1 fully saturated rings. The molecular formula is C10H13F3N4. The Morgan fingerprint density at radius 2 is 2.29 bits per heavy atom. The average molecular weight is 246 g/mol. The first-order chi connectivity index (χ1) is 8.05. The molecule has 2 N–H and O–H groups in total. The number of hydrogen-bond donors (Lipinski definition) is 2. The zero-order valence-corrected chi connectivity index (χ0v) is 9.09. The lowest BCUT2D eigenvalue weighted by Crippen LogP contribution is -2.19. The molecule has 0 radical (unpaired) electrons. The van der Waals surface area contributed by atoms with Gasteiger partial charge in [-0.05, 0) is 31.5 Å². The van der Waals surface area contributed by atoms with Crippen molar-refractivity contribution in [1.82, 2.24) is 15.3 Å². The van der Waals surface area contributed by atoms with E-state index in [0.717, 1.165) is 31.8 Å². The second-order valence-electron chi connectivity index (χ2n) is 4.00. The van der Waals surface area contributed by atoms with Gasteiger partial charge < -0.3 is 10.6 Å². The zero-order chi connectivity index (χ0) is 12.3. The SMILES string of the molecule is FC(F)(F)c1ccnc(NCC2CCNC2)n1. The monoisotopic (exact) mass is 246 g/mol. The van der Waals surface area contributed by atoms with Crippen LogP contribution in [0.1, 0.15) is 12.1 Å². The van der Waals surface area contributed by atoms with Crippen molar-refractivity contribution in [3.8, 4) is 0 Å². The molecule has 2 rings (SSSR count). The van der Waals surface area contributed by atoms with Crippen LogP contribution in [0.5, 0.6) is 0 Å². The van der Waals surface area contributed by atoms with Crippen molar-refractivity contribution in [2.75, 3.05) is 25.0 Å². The van der Waals surface area contributed by atoms with Crippen LogP contribution in [0.3, 0.4) is 0 Å². The van der Waals surface area contributed by atoms with Gasteiger partial charge >= 0.3 is 6.18 Å². The van der Waals surface area contributed by atoms with Gasteiger partial charge in [0.1, 0.15) is 5.69 Å². The summed E-state index contributed by atoms with van der Waals surface area (Å²) < 4.78 is 37.1. The normalized spacial score (nSPS) is 20.5. The quantitative estimate of drug-likeness (QED) is 0.849. The predicted octanol–water partition coefficient (Wildman–Crippen LogP) is 1.52. The van der Waals surface area contributed by atoms with Gasteiger partial charge in [0, 0.05) is 12.7 Å². The molecule has 2 heterocycles. The number of rotatable bonds is 3. The van der Waals surface area contributed by atoms with Gasteiger partial charge in [0.25, 0.3) is 0 Å². The van der Waals surface area contributed by atoms with E-state index in [1.807, 2.05) is 0 Å². The molecule has 17 heavy (non-hydrogen) atoms. The topological polar surface area (TPSA) is 49.8 Å². The Kier molecular flexibility index (Phi) is 3.46. The summed E-state index contributed by atoms with van der Waals surface area (Å²) in [5.74, 6) is 0.458. The van der Waals surface area contributed by atoms with E-state index in [-0.39, 0.29) is 5.95 Å². The summed E-state index contributed by atoms with van der Waals surface area (Å²) in [6.07, 6.45) is -2.29. The van der Waals surface area contributed by atoms with Gasteiger partial charge in [-0.15, -0.1) is 0 Å². The van der Waals surface area contributed by atoms with Gasteiger partial charge in [0.2, 0.25) is 5.95 Å². The molecule has 1 aliphatic rings. The number of nitrogens with one attached hydrogen (secondary N) is 2. The van der Waals surface area contributed by atoms with E-state index in [9.17, 15) is 13.2 Å². The number of aromatic nitrogens is 2. The van der Waals surface area contributed by atoms with Gasteiger partial charge in [-0.25, -0.2) is 9.97 Å². The van der Waals surface area contributed by atoms with Crippen molar-refractivity contribution in [3.05, 3.63) is 18.0 Å². The van der Waals surface area contributed by atoms with Gasteiger partial charge in [-0.2, -0.15) is 13.2 Å². The van der Waals surface area contributed by atoms with Gasteiger partial charge in [-0.3, -0.25) is 0 Å². The van der Waals surface area contributed by atoms with Crippen LogP contribution < -0.4 is 10.6 Å². The summed E-state index contributed by atoms with van der Waals surface area (Å²) in [4.78, 5) is 7.21. The number of halogens is 3. The molecule has 1 aromatic rings. The second-order valence-corrected chi connectivity index (χ2v) is 4.00. The first-order valence-electron chi connectivity index (χ1n) is 5.40. The Balaban J connectivity index is 1.96. The summed E-state index contributed by atoms with van der Waals surface area (Å²) in [7, 11) is 0. The van der Waals surface area contributed by atoms with Gasteiger partial charge in [0.05, 0.1) is 0 Å². The van der Waals surface area contributed by atoms with Crippen LogP contribution in [0.15, 0.2) is 12.3 Å². The summed E-state index contributed by atoms with van der Waals surface area (Å²) >= 11 is 0. The van der Waals surface area contributed by atoms with Crippen LogP contribution in [0.4, 0.5) is 19.1 Å². The lowest BCUT2D eigenvalue weighted by molar-refractivity contribution is -0.141. The molecule has 0 spiro atoms. The molecule has 0 aliphatic carbocycles. The highest BCUT2D eigenvalue weighted by Crippen LogP contribution is 2.27. The highest BCUT2D eigenvalue weighted by molar-refractivity contribution is 5.26. The minimum Gasteiger partial charge on any atom is -0.354 e. The number of alkyl halides is 3. The summed E-state index contributed by atoms with van der Waals surface area (Å²) in [6.45, 7) is 2.43. The maximum absolute atomic E-state index is 12.4. The van der Waals surface area contributed by atoms with Crippen LogP contribution in [-0.2, 0) is 6.18 Å². The Bertz CT molecular complexity index is 374. The molecule has 1 saturated heterocycles. The maximum Gasteiger partial charge on any atom is 0.433 e. The maximum atomic E-state index is 12.4. The second kappa shape index (κ2) is 4.87. The number of anilines is 1. The molecule has 1 aliphatic heterocycles. The molecule has 94 valence electrons. The van der Waals surface area contributed by atoms with Crippen molar-refractivity contribution < 1.29 is 13.2 Å². The van der Waals surface area contributed by atoms with Gasteiger partial charge in [0.15, 0.2) is 0 Å². The largest absolute Gasteiger partial charge is 0.433 e. The highest BCUT2D eigenvalue weighted by atomic mass is 19.4. The van der Waals surface area contributed by atoms with Crippen molar-refractivity contribution in [2.24, 2.45) is 5.92 Å². The third-order valence-electron chi connectivity index (χ3n) is 2.66. The molecule has 0 aromatic carbocycles. The smallest absolute Gasteiger partial charge is 0.354 e. The fraction of sp³-hybridized carbons (Fsp3) is 0.600. The third-order valence-corrected chi connectivity index (χ3v) is 2.66. The van der Waals surface area contributed by atoms with E-state index in [0.29, 0.717) is 12.5 Å². The highest BCUT2D eigenvalue weighted by Gasteiger charge is 2.32. The fourth-order valence-electron chi connectivity index (χ4n) is 1.73. The van der Waals surface area contributed by atoms with E-state index >= 15 is 0 Å². The molecule has 0 amide bonds. The van der Waals surface area contributed by atoms with E-state index in [4.69, 9.17) is 0 Å². The van der Waals surface area contributed by atoms with Crippen LogP contribution in [0.2, 0.25) is 0 Å². The third kappa shape index (κ3) is 3.29. The molecule has 4 nitrogen and oxygen atoms in total. The molecule has 7 heteroatoms. The van der Waals surface area contributed by atoms with Crippen LogP contribution in [0.25, 0.3) is 0 Å². The Labute approximate surface area is 96.7 Å². The van der Waals surface area contributed by atoms with Crippen molar-refractivity contribution in [2.45, 2.75) is 12.6 Å². The first kappa shape index (κ1) is 12.1. The molecular weight excluding hydrogens is 233 g/mol. The first-order valence-corrected chi connectivity index (χ1v) is 5.40. The molecule has 1 unspecified atom stereocenters. The summed E-state index contributed by atoms with van der Waals surface area (Å²) in [6, 6.07) is 0.863. The lowest BCUT2D eigenvalue weighted by Gasteiger charge is -2.11. The summed E-state index contributed by atoms with van der Waals surface area (Å²) in [5, 5.41) is 6.02. The van der Waals surface area contributed by atoms with E-state index in [1.165, 1.54) is 0 Å². The van der Waals surface area contributed by atoms with Crippen molar-refractivity contribution in [3.63, 3.8) is 0 Å². The Morgan fingerprint density at radius 1 is 1.47 bits per heavy atom.